The Morgan fingerprint density at radius 3 is 1.95 bits per heavy atom. The highest BCUT2D eigenvalue weighted by molar-refractivity contribution is 5.94. The van der Waals surface area contributed by atoms with Crippen LogP contribution in [0.2, 0.25) is 0 Å². The third-order valence-electron chi connectivity index (χ3n) is 2.78. The highest BCUT2D eigenvalue weighted by Crippen LogP contribution is 2.35. The van der Waals surface area contributed by atoms with Gasteiger partial charge in [0.25, 0.3) is 0 Å². The molecule has 0 atom stereocenters. The van der Waals surface area contributed by atoms with Crippen molar-refractivity contribution < 1.29 is 23.7 Å². The fourth-order valence-corrected chi connectivity index (χ4v) is 1.76. The van der Waals surface area contributed by atoms with E-state index in [4.69, 9.17) is 18.9 Å². The summed E-state index contributed by atoms with van der Waals surface area (Å²) < 4.78 is 21.0. The number of benzene rings is 1. The topological polar surface area (TPSA) is 54.0 Å². The molecule has 0 saturated carbocycles. The maximum absolute atomic E-state index is 11.9. The number of ether oxygens (including phenoxy) is 4. The van der Waals surface area contributed by atoms with Crippen molar-refractivity contribution in [3.05, 3.63) is 23.3 Å². The second-order valence-electron chi connectivity index (χ2n) is 4.73. The van der Waals surface area contributed by atoms with Crippen LogP contribution in [0.1, 0.15) is 26.3 Å². The number of hydrogen-bond donors (Lipinski definition) is 0. The molecule has 0 bridgehead atoms. The Balaban J connectivity index is 3.25. The molecule has 1 rings (SSSR count). The molecule has 21 heavy (non-hydrogen) atoms. The molecule has 0 aromatic heterocycles. The van der Waals surface area contributed by atoms with E-state index >= 15 is 0 Å². The van der Waals surface area contributed by atoms with E-state index in [9.17, 15) is 4.79 Å². The van der Waals surface area contributed by atoms with Crippen molar-refractivity contribution in [1.82, 2.24) is 0 Å². The Morgan fingerprint density at radius 1 is 1.05 bits per heavy atom. The van der Waals surface area contributed by atoms with Gasteiger partial charge < -0.3 is 18.9 Å². The average Bonchev–Trinajstić information content (AvgIpc) is 2.46. The predicted octanol–water partition coefficient (Wildman–Crippen LogP) is 3.07. The van der Waals surface area contributed by atoms with Gasteiger partial charge in [-0.25, -0.2) is 4.79 Å². The van der Waals surface area contributed by atoms with Crippen LogP contribution in [0, 0.1) is 0 Å². The van der Waals surface area contributed by atoms with Gasteiger partial charge in [-0.15, -0.1) is 0 Å². The van der Waals surface area contributed by atoms with E-state index < -0.39 is 0 Å². The molecular weight excluding hydrogens is 272 g/mol. The lowest BCUT2D eigenvalue weighted by molar-refractivity contribution is -0.142. The summed E-state index contributed by atoms with van der Waals surface area (Å²) in [4.78, 5) is 11.9. The molecular formula is C16H22O5. The van der Waals surface area contributed by atoms with Gasteiger partial charge in [0.05, 0.1) is 33.0 Å². The molecule has 5 nitrogen and oxygen atoms in total. The number of carbonyl (C=O) groups is 1. The summed E-state index contributed by atoms with van der Waals surface area (Å²) in [6.07, 6.45) is 1.52. The third kappa shape index (κ3) is 4.41. The number of methoxy groups -OCH3 is 3. The summed E-state index contributed by atoms with van der Waals surface area (Å²) in [6, 6.07) is 3.46. The molecule has 0 fully saturated rings. The molecule has 0 aliphatic rings. The molecule has 0 amide bonds. The van der Waals surface area contributed by atoms with E-state index in [0.717, 1.165) is 0 Å². The van der Waals surface area contributed by atoms with Gasteiger partial charge in [0, 0.05) is 17.7 Å². The largest absolute Gasteiger partial charge is 0.496 e. The monoisotopic (exact) mass is 294 g/mol. The standard InChI is InChI=1S/C16H22O5/c1-10(2)21-16(17)11(3)7-13-14(19-5)8-12(18-4)9-15(13)20-6/h7-10H,1-6H3. The van der Waals surface area contributed by atoms with Crippen LogP contribution < -0.4 is 14.2 Å². The van der Waals surface area contributed by atoms with Crippen LogP contribution in [0.5, 0.6) is 17.2 Å². The van der Waals surface area contributed by atoms with Crippen molar-refractivity contribution in [3.63, 3.8) is 0 Å². The molecule has 1 aromatic rings. The Hall–Kier alpha value is -2.17. The van der Waals surface area contributed by atoms with Crippen LogP contribution in [0.25, 0.3) is 6.08 Å². The van der Waals surface area contributed by atoms with Crippen molar-refractivity contribution in [1.29, 1.82) is 0 Å². The van der Waals surface area contributed by atoms with Crippen molar-refractivity contribution >= 4 is 12.0 Å². The van der Waals surface area contributed by atoms with Crippen molar-refractivity contribution in [2.45, 2.75) is 26.9 Å². The van der Waals surface area contributed by atoms with E-state index in [2.05, 4.69) is 0 Å². The van der Waals surface area contributed by atoms with Crippen molar-refractivity contribution in [2.75, 3.05) is 21.3 Å². The maximum atomic E-state index is 11.9. The van der Waals surface area contributed by atoms with E-state index in [1.54, 1.807) is 60.3 Å². The molecule has 0 unspecified atom stereocenters. The minimum Gasteiger partial charge on any atom is -0.496 e. The summed E-state index contributed by atoms with van der Waals surface area (Å²) in [5.74, 6) is 1.36. The van der Waals surface area contributed by atoms with E-state index in [0.29, 0.717) is 28.4 Å². The minimum atomic E-state index is -0.370. The Morgan fingerprint density at radius 2 is 1.57 bits per heavy atom. The zero-order valence-electron chi connectivity index (χ0n) is 13.4. The summed E-state index contributed by atoms with van der Waals surface area (Å²) in [7, 11) is 4.66. The van der Waals surface area contributed by atoms with Crippen LogP contribution in [0.4, 0.5) is 0 Å². The lowest BCUT2D eigenvalue weighted by Crippen LogP contribution is -2.12. The number of carbonyl (C=O) groups excluding carboxylic acids is 1. The molecule has 0 N–H and O–H groups in total. The average molecular weight is 294 g/mol. The molecule has 0 saturated heterocycles. The molecule has 116 valence electrons. The van der Waals surface area contributed by atoms with Gasteiger partial charge in [0.2, 0.25) is 0 Å². The van der Waals surface area contributed by atoms with Crippen LogP contribution >= 0.6 is 0 Å². The number of esters is 1. The first-order chi connectivity index (χ1) is 9.92. The Kier molecular flexibility index (Phi) is 6.09. The lowest BCUT2D eigenvalue weighted by atomic mass is 10.1. The number of rotatable bonds is 6. The van der Waals surface area contributed by atoms with Gasteiger partial charge in [0.1, 0.15) is 17.2 Å². The second-order valence-corrected chi connectivity index (χ2v) is 4.73. The zero-order valence-corrected chi connectivity index (χ0v) is 13.4. The SMILES string of the molecule is COc1cc(OC)c(C=C(C)C(=O)OC(C)C)c(OC)c1. The molecule has 5 heteroatoms. The van der Waals surface area contributed by atoms with Crippen LogP contribution in [0.3, 0.4) is 0 Å². The second kappa shape index (κ2) is 7.57. The molecule has 1 aromatic carbocycles. The third-order valence-corrected chi connectivity index (χ3v) is 2.78. The normalized spacial score (nSPS) is 11.3. The highest BCUT2D eigenvalue weighted by Gasteiger charge is 2.14. The van der Waals surface area contributed by atoms with E-state index in [1.165, 1.54) is 0 Å². The number of hydrogen-bond acceptors (Lipinski definition) is 5. The highest BCUT2D eigenvalue weighted by atomic mass is 16.5. The van der Waals surface area contributed by atoms with E-state index in [1.807, 2.05) is 0 Å². The Labute approximate surface area is 125 Å². The molecule has 0 aliphatic carbocycles. The Bertz CT molecular complexity index is 506. The van der Waals surface area contributed by atoms with Crippen molar-refractivity contribution in [2.24, 2.45) is 0 Å². The first-order valence-electron chi connectivity index (χ1n) is 6.62. The van der Waals surface area contributed by atoms with Gasteiger partial charge in [0.15, 0.2) is 0 Å². The first-order valence-corrected chi connectivity index (χ1v) is 6.62. The maximum Gasteiger partial charge on any atom is 0.333 e. The van der Waals surface area contributed by atoms with Crippen LogP contribution in [-0.2, 0) is 9.53 Å². The van der Waals surface area contributed by atoms with Crippen LogP contribution in [-0.4, -0.2) is 33.4 Å². The molecule has 0 heterocycles. The fraction of sp³-hybridized carbons (Fsp3) is 0.438. The zero-order chi connectivity index (χ0) is 16.0. The summed E-state index contributed by atoms with van der Waals surface area (Å²) in [5.41, 5.74) is 1.13. The van der Waals surface area contributed by atoms with Crippen LogP contribution in [0.15, 0.2) is 17.7 Å². The fourth-order valence-electron chi connectivity index (χ4n) is 1.76. The van der Waals surface area contributed by atoms with Gasteiger partial charge in [-0.05, 0) is 26.8 Å². The van der Waals surface area contributed by atoms with E-state index in [-0.39, 0.29) is 12.1 Å². The van der Waals surface area contributed by atoms with Gasteiger partial charge >= 0.3 is 5.97 Å². The van der Waals surface area contributed by atoms with Gasteiger partial charge in [-0.3, -0.25) is 0 Å². The molecule has 0 radical (unpaired) electrons. The summed E-state index contributed by atoms with van der Waals surface area (Å²) >= 11 is 0. The quantitative estimate of drug-likeness (QED) is 0.596. The predicted molar refractivity (Wildman–Crippen MR) is 81.0 cm³/mol. The van der Waals surface area contributed by atoms with Crippen molar-refractivity contribution in [3.8, 4) is 17.2 Å². The summed E-state index contributed by atoms with van der Waals surface area (Å²) in [5, 5.41) is 0. The van der Waals surface area contributed by atoms with Gasteiger partial charge in [-0.1, -0.05) is 0 Å². The lowest BCUT2D eigenvalue weighted by Gasteiger charge is -2.14. The molecule has 0 spiro atoms. The minimum absolute atomic E-state index is 0.166. The summed E-state index contributed by atoms with van der Waals surface area (Å²) in [6.45, 7) is 5.30. The first kappa shape index (κ1) is 16.9. The van der Waals surface area contributed by atoms with Gasteiger partial charge in [-0.2, -0.15) is 0 Å². The smallest absolute Gasteiger partial charge is 0.333 e. The molecule has 0 aliphatic heterocycles.